The molecule has 1 unspecified atom stereocenters. The van der Waals surface area contributed by atoms with Crippen molar-refractivity contribution < 1.29 is 4.79 Å². The van der Waals surface area contributed by atoms with Crippen LogP contribution in [0, 0.1) is 0 Å². The molecule has 0 aliphatic carbocycles. The molecular formula is C13H19ClN2OS. The number of hydrogen-bond donors (Lipinski definition) is 1. The lowest BCUT2D eigenvalue weighted by Crippen LogP contribution is -2.42. The Morgan fingerprint density at radius 2 is 1.89 bits per heavy atom. The number of carbonyl (C=O) groups is 1. The highest BCUT2D eigenvalue weighted by Crippen LogP contribution is 2.19. The molecule has 1 aromatic rings. The summed E-state index contributed by atoms with van der Waals surface area (Å²) in [5.74, 6) is 2.08. The lowest BCUT2D eigenvalue weighted by atomic mass is 9.98. The monoisotopic (exact) mass is 286 g/mol. The van der Waals surface area contributed by atoms with E-state index in [0.29, 0.717) is 6.54 Å². The number of thioether (sulfide) groups is 1. The molecule has 2 rings (SSSR count). The van der Waals surface area contributed by atoms with Gasteiger partial charge in [0.1, 0.15) is 0 Å². The lowest BCUT2D eigenvalue weighted by Gasteiger charge is -2.30. The molecular weight excluding hydrogens is 268 g/mol. The average molecular weight is 287 g/mol. The van der Waals surface area contributed by atoms with Gasteiger partial charge in [0, 0.05) is 31.1 Å². The van der Waals surface area contributed by atoms with Crippen molar-refractivity contribution in [3.05, 3.63) is 35.9 Å². The van der Waals surface area contributed by atoms with Crippen LogP contribution in [0.25, 0.3) is 0 Å². The number of nitrogens with zero attached hydrogens (tertiary/aromatic N) is 1. The van der Waals surface area contributed by atoms with E-state index in [2.05, 4.69) is 0 Å². The fourth-order valence-corrected chi connectivity index (χ4v) is 2.97. The third-order valence-corrected chi connectivity index (χ3v) is 4.00. The van der Waals surface area contributed by atoms with Crippen molar-refractivity contribution in [2.75, 3.05) is 31.1 Å². The van der Waals surface area contributed by atoms with Gasteiger partial charge in [-0.05, 0) is 5.56 Å². The van der Waals surface area contributed by atoms with Gasteiger partial charge in [-0.2, -0.15) is 11.8 Å². The van der Waals surface area contributed by atoms with Crippen molar-refractivity contribution in [3.8, 4) is 0 Å². The molecule has 1 fully saturated rings. The van der Waals surface area contributed by atoms with E-state index >= 15 is 0 Å². The Balaban J connectivity index is 0.00000162. The maximum atomic E-state index is 12.4. The molecule has 100 valence electrons. The molecule has 0 radical (unpaired) electrons. The Labute approximate surface area is 119 Å². The molecule has 1 aliphatic rings. The topological polar surface area (TPSA) is 46.3 Å². The molecule has 1 aromatic carbocycles. The predicted octanol–water partition coefficient (Wildman–Crippen LogP) is 1.73. The van der Waals surface area contributed by atoms with Crippen LogP contribution in [0.3, 0.4) is 0 Å². The van der Waals surface area contributed by atoms with Gasteiger partial charge in [-0.25, -0.2) is 0 Å². The molecule has 1 aliphatic heterocycles. The number of halogens is 1. The first-order valence-corrected chi connectivity index (χ1v) is 7.10. The van der Waals surface area contributed by atoms with Gasteiger partial charge in [0.15, 0.2) is 0 Å². The SMILES string of the molecule is Cl.NCC(C(=O)N1CCSCC1)c1ccccc1. The Morgan fingerprint density at radius 1 is 1.28 bits per heavy atom. The van der Waals surface area contributed by atoms with Crippen molar-refractivity contribution in [1.82, 2.24) is 4.90 Å². The summed E-state index contributed by atoms with van der Waals surface area (Å²) in [6, 6.07) is 9.83. The van der Waals surface area contributed by atoms with Crippen LogP contribution in [0.4, 0.5) is 0 Å². The maximum Gasteiger partial charge on any atom is 0.231 e. The second-order valence-electron chi connectivity index (χ2n) is 4.14. The largest absolute Gasteiger partial charge is 0.340 e. The Bertz CT molecular complexity index is 369. The zero-order chi connectivity index (χ0) is 12.1. The van der Waals surface area contributed by atoms with E-state index in [1.165, 1.54) is 0 Å². The van der Waals surface area contributed by atoms with E-state index in [4.69, 9.17) is 5.73 Å². The number of rotatable bonds is 3. The zero-order valence-electron chi connectivity index (χ0n) is 10.2. The van der Waals surface area contributed by atoms with Crippen LogP contribution >= 0.6 is 24.2 Å². The molecule has 5 heteroatoms. The Morgan fingerprint density at radius 3 is 2.44 bits per heavy atom. The fourth-order valence-electron chi connectivity index (χ4n) is 2.07. The standard InChI is InChI=1S/C13H18N2OS.ClH/c14-10-12(11-4-2-1-3-5-11)13(16)15-6-8-17-9-7-15;/h1-5,12H,6-10,14H2;1H. The van der Waals surface area contributed by atoms with Gasteiger partial charge in [0.25, 0.3) is 0 Å². The molecule has 0 bridgehead atoms. The normalized spacial score (nSPS) is 16.8. The van der Waals surface area contributed by atoms with Crippen molar-refractivity contribution >= 4 is 30.1 Å². The fraction of sp³-hybridized carbons (Fsp3) is 0.462. The molecule has 3 nitrogen and oxygen atoms in total. The van der Waals surface area contributed by atoms with Crippen LogP contribution < -0.4 is 5.73 Å². The maximum absolute atomic E-state index is 12.4. The minimum absolute atomic E-state index is 0. The number of nitrogens with two attached hydrogens (primary N) is 1. The van der Waals surface area contributed by atoms with Crippen molar-refractivity contribution in [1.29, 1.82) is 0 Å². The molecule has 2 N–H and O–H groups in total. The quantitative estimate of drug-likeness (QED) is 0.920. The van der Waals surface area contributed by atoms with E-state index < -0.39 is 0 Å². The Hall–Kier alpha value is -0.710. The molecule has 0 saturated carbocycles. The van der Waals surface area contributed by atoms with Crippen LogP contribution in [0.15, 0.2) is 30.3 Å². The third kappa shape index (κ3) is 3.64. The van der Waals surface area contributed by atoms with E-state index in [-0.39, 0.29) is 24.2 Å². The number of carbonyl (C=O) groups excluding carboxylic acids is 1. The van der Waals surface area contributed by atoms with Gasteiger partial charge >= 0.3 is 0 Å². The number of benzene rings is 1. The minimum atomic E-state index is -0.181. The van der Waals surface area contributed by atoms with E-state index in [0.717, 1.165) is 30.2 Å². The molecule has 0 spiro atoms. The summed E-state index contributed by atoms with van der Waals surface area (Å²) in [6.07, 6.45) is 0. The molecule has 1 saturated heterocycles. The van der Waals surface area contributed by atoms with Crippen molar-refractivity contribution in [2.24, 2.45) is 5.73 Å². The summed E-state index contributed by atoms with van der Waals surface area (Å²) in [4.78, 5) is 14.3. The second-order valence-corrected chi connectivity index (χ2v) is 5.36. The highest BCUT2D eigenvalue weighted by Gasteiger charge is 2.25. The van der Waals surface area contributed by atoms with Crippen LogP contribution in [0.1, 0.15) is 11.5 Å². The average Bonchev–Trinajstić information content (AvgIpc) is 2.42. The van der Waals surface area contributed by atoms with Gasteiger partial charge in [-0.1, -0.05) is 30.3 Å². The van der Waals surface area contributed by atoms with E-state index in [9.17, 15) is 4.79 Å². The molecule has 18 heavy (non-hydrogen) atoms. The van der Waals surface area contributed by atoms with Crippen LogP contribution in [-0.2, 0) is 4.79 Å². The van der Waals surface area contributed by atoms with E-state index in [1.54, 1.807) is 0 Å². The minimum Gasteiger partial charge on any atom is -0.340 e. The first kappa shape index (κ1) is 15.3. The third-order valence-electron chi connectivity index (χ3n) is 3.06. The van der Waals surface area contributed by atoms with E-state index in [1.807, 2.05) is 47.0 Å². The van der Waals surface area contributed by atoms with Gasteiger partial charge in [0.2, 0.25) is 5.91 Å². The summed E-state index contributed by atoms with van der Waals surface area (Å²) in [6.45, 7) is 2.09. The number of hydrogen-bond acceptors (Lipinski definition) is 3. The van der Waals surface area contributed by atoms with Gasteiger partial charge in [0.05, 0.1) is 5.92 Å². The first-order valence-electron chi connectivity index (χ1n) is 5.94. The summed E-state index contributed by atoms with van der Waals surface area (Å²) in [5, 5.41) is 0. The summed E-state index contributed by atoms with van der Waals surface area (Å²) in [5.41, 5.74) is 6.79. The van der Waals surface area contributed by atoms with Gasteiger partial charge in [-0.15, -0.1) is 12.4 Å². The van der Waals surface area contributed by atoms with Crippen molar-refractivity contribution in [2.45, 2.75) is 5.92 Å². The molecule has 1 amide bonds. The number of amides is 1. The van der Waals surface area contributed by atoms with Crippen LogP contribution in [-0.4, -0.2) is 41.9 Å². The summed E-state index contributed by atoms with van der Waals surface area (Å²) in [7, 11) is 0. The zero-order valence-corrected chi connectivity index (χ0v) is 11.9. The van der Waals surface area contributed by atoms with Gasteiger partial charge in [-0.3, -0.25) is 4.79 Å². The highest BCUT2D eigenvalue weighted by molar-refractivity contribution is 7.99. The van der Waals surface area contributed by atoms with Crippen LogP contribution in [0.5, 0.6) is 0 Å². The van der Waals surface area contributed by atoms with Crippen LogP contribution in [0.2, 0.25) is 0 Å². The Kier molecular flexibility index (Phi) is 6.54. The second kappa shape index (κ2) is 7.67. The predicted molar refractivity (Wildman–Crippen MR) is 79.4 cm³/mol. The summed E-state index contributed by atoms with van der Waals surface area (Å²) >= 11 is 1.91. The van der Waals surface area contributed by atoms with Gasteiger partial charge < -0.3 is 10.6 Å². The summed E-state index contributed by atoms with van der Waals surface area (Å²) < 4.78 is 0. The highest BCUT2D eigenvalue weighted by atomic mass is 35.5. The smallest absolute Gasteiger partial charge is 0.231 e. The molecule has 1 atom stereocenters. The first-order chi connectivity index (χ1) is 8.33. The molecule has 1 heterocycles. The molecule has 0 aromatic heterocycles. The van der Waals surface area contributed by atoms with Crippen molar-refractivity contribution in [3.63, 3.8) is 0 Å². The lowest BCUT2D eigenvalue weighted by molar-refractivity contribution is -0.132.